The van der Waals surface area contributed by atoms with E-state index in [1.54, 1.807) is 38.1 Å². The number of benzene rings is 2. The number of halogens is 2. The Morgan fingerprint density at radius 1 is 1.07 bits per heavy atom. The van der Waals surface area contributed by atoms with E-state index in [0.29, 0.717) is 47.3 Å². The first-order valence-corrected chi connectivity index (χ1v) is 18.3. The van der Waals surface area contributed by atoms with E-state index in [0.717, 1.165) is 38.5 Å². The van der Waals surface area contributed by atoms with Crippen LogP contribution in [0.5, 0.6) is 5.75 Å². The van der Waals surface area contributed by atoms with Crippen LogP contribution in [0.3, 0.4) is 0 Å². The molecule has 3 aliphatic carbocycles. The summed E-state index contributed by atoms with van der Waals surface area (Å²) in [5.41, 5.74) is -0.890. The molecule has 0 radical (unpaired) electrons. The van der Waals surface area contributed by atoms with E-state index in [-0.39, 0.29) is 48.1 Å². The van der Waals surface area contributed by atoms with Crippen molar-refractivity contribution >= 4 is 21.8 Å². The quantitative estimate of drug-likeness (QED) is 0.309. The zero-order chi connectivity index (χ0) is 32.9. The fourth-order valence-electron chi connectivity index (χ4n) is 7.37. The Hall–Kier alpha value is -3.05. The van der Waals surface area contributed by atoms with Crippen molar-refractivity contribution in [2.75, 3.05) is 12.3 Å². The molecule has 250 valence electrons. The summed E-state index contributed by atoms with van der Waals surface area (Å²) >= 11 is 0. The monoisotopic (exact) mass is 657 g/mol. The van der Waals surface area contributed by atoms with Crippen LogP contribution in [0.2, 0.25) is 0 Å². The van der Waals surface area contributed by atoms with Crippen molar-refractivity contribution in [1.82, 2.24) is 15.4 Å². The zero-order valence-corrected chi connectivity index (χ0v) is 27.7. The van der Waals surface area contributed by atoms with Gasteiger partial charge in [0, 0.05) is 36.5 Å². The van der Waals surface area contributed by atoms with Crippen LogP contribution in [0.4, 0.5) is 8.78 Å². The molecule has 3 atom stereocenters. The van der Waals surface area contributed by atoms with Crippen LogP contribution in [-0.4, -0.2) is 55.9 Å². The van der Waals surface area contributed by atoms with E-state index in [1.807, 2.05) is 6.07 Å². The molecule has 11 heteroatoms. The second-order valence-electron chi connectivity index (χ2n) is 14.4. The number of carbonyl (C=O) groups excluding carboxylic acids is 2. The van der Waals surface area contributed by atoms with Crippen LogP contribution in [0.15, 0.2) is 36.4 Å². The minimum atomic E-state index is -3.77. The van der Waals surface area contributed by atoms with E-state index >= 15 is 8.78 Å². The summed E-state index contributed by atoms with van der Waals surface area (Å²) in [5, 5.41) is 6.19. The van der Waals surface area contributed by atoms with Gasteiger partial charge in [-0.3, -0.25) is 14.3 Å². The lowest BCUT2D eigenvalue weighted by atomic mass is 9.74. The number of alkyl halides is 1. The van der Waals surface area contributed by atoms with Gasteiger partial charge in [0.05, 0.1) is 11.2 Å². The number of rotatable bonds is 10. The third kappa shape index (κ3) is 6.29. The Balaban J connectivity index is 1.25. The second kappa shape index (κ2) is 12.2. The third-order valence-electron chi connectivity index (χ3n) is 10.8. The topological polar surface area (TPSA) is 114 Å². The fourth-order valence-corrected chi connectivity index (χ4v) is 8.05. The Labute approximate surface area is 270 Å². The van der Waals surface area contributed by atoms with Crippen LogP contribution >= 0.6 is 0 Å². The van der Waals surface area contributed by atoms with Gasteiger partial charge in [0.15, 0.2) is 0 Å². The van der Waals surface area contributed by atoms with E-state index in [2.05, 4.69) is 15.4 Å². The maximum atomic E-state index is 15.6. The van der Waals surface area contributed by atoms with Gasteiger partial charge in [-0.05, 0) is 107 Å². The summed E-state index contributed by atoms with van der Waals surface area (Å²) < 4.78 is 64.2. The first-order chi connectivity index (χ1) is 21.7. The van der Waals surface area contributed by atoms with Gasteiger partial charge in [-0.2, -0.15) is 0 Å². The molecule has 3 saturated carbocycles. The number of amides is 2. The Kier molecular flexibility index (Phi) is 8.72. The number of carbonyl (C=O) groups is 2. The molecule has 3 N–H and O–H groups in total. The molecule has 1 saturated heterocycles. The molecule has 8 nitrogen and oxygen atoms in total. The minimum absolute atomic E-state index is 0.0386. The molecule has 6 rings (SSSR count). The lowest BCUT2D eigenvalue weighted by Crippen LogP contribution is -2.49. The van der Waals surface area contributed by atoms with Gasteiger partial charge < -0.3 is 15.4 Å². The highest BCUT2D eigenvalue weighted by Crippen LogP contribution is 2.47. The molecule has 2 aromatic carbocycles. The molecule has 2 aromatic rings. The van der Waals surface area contributed by atoms with E-state index in [9.17, 15) is 18.0 Å². The van der Waals surface area contributed by atoms with Crippen molar-refractivity contribution in [2.24, 2.45) is 0 Å². The summed E-state index contributed by atoms with van der Waals surface area (Å²) in [6, 6.07) is 10.1. The van der Waals surface area contributed by atoms with Crippen molar-refractivity contribution in [3.05, 3.63) is 53.3 Å². The maximum absolute atomic E-state index is 15.6. The summed E-state index contributed by atoms with van der Waals surface area (Å²) in [5.74, 6) is -1.16. The smallest absolute Gasteiger partial charge is 0.259 e. The third-order valence-corrected chi connectivity index (χ3v) is 12.1. The lowest BCUT2D eigenvalue weighted by molar-refractivity contribution is -0.133. The summed E-state index contributed by atoms with van der Waals surface area (Å²) in [6.07, 6.45) is 7.38. The summed E-state index contributed by atoms with van der Waals surface area (Å²) in [4.78, 5) is 26.2. The van der Waals surface area contributed by atoms with Crippen molar-refractivity contribution < 1.29 is 31.5 Å². The van der Waals surface area contributed by atoms with Gasteiger partial charge in [-0.15, -0.1) is 0 Å². The lowest BCUT2D eigenvalue weighted by Gasteiger charge is -2.38. The number of hydrogen-bond donors (Lipinski definition) is 3. The molecule has 0 aromatic heterocycles. The van der Waals surface area contributed by atoms with Crippen LogP contribution in [-0.2, 0) is 25.0 Å². The molecule has 4 fully saturated rings. The largest absolute Gasteiger partial charge is 0.490 e. The molecule has 2 amide bonds. The second-order valence-corrected chi connectivity index (χ2v) is 16.4. The summed E-state index contributed by atoms with van der Waals surface area (Å²) in [6.45, 7) is 4.81. The normalized spacial score (nSPS) is 25.9. The van der Waals surface area contributed by atoms with Crippen LogP contribution in [0, 0.1) is 5.82 Å². The molecule has 4 aliphatic rings. The highest BCUT2D eigenvalue weighted by atomic mass is 32.2. The Morgan fingerprint density at radius 2 is 1.83 bits per heavy atom. The predicted octanol–water partition coefficient (Wildman–Crippen LogP) is 5.54. The zero-order valence-electron chi connectivity index (χ0n) is 26.9. The standard InChI is InChI=1S/C35H45F2N3O5S/c1-4-46(43,44)40-31(41)33(2,3)23-12-15-29(27(18-23)26-10-6-11-28(36)30(26)22-8-5-9-22)45-25-14-13-24(19-25)39-32(42)35(37)20-34(38-21-35)16-7-17-34/h6,10-12,15,18,22,24-25,38H,4-5,7-9,13-14,16-17,19-21H2,1-3H3,(H,39,42)(H,40,41)/t24-,25-,35?/m1/s1. The van der Waals surface area contributed by atoms with Gasteiger partial charge in [-0.1, -0.05) is 24.6 Å². The summed E-state index contributed by atoms with van der Waals surface area (Å²) in [7, 11) is -3.77. The van der Waals surface area contributed by atoms with Crippen molar-refractivity contribution in [3.63, 3.8) is 0 Å². The first-order valence-electron chi connectivity index (χ1n) is 16.6. The van der Waals surface area contributed by atoms with E-state index < -0.39 is 32.9 Å². The molecule has 0 bridgehead atoms. The van der Waals surface area contributed by atoms with E-state index in [4.69, 9.17) is 4.74 Å². The average Bonchev–Trinajstić information content (AvgIpc) is 3.58. The fraction of sp³-hybridized carbons (Fsp3) is 0.600. The molecule has 1 aliphatic heterocycles. The number of sulfonamides is 1. The molecular formula is C35H45F2N3O5S. The van der Waals surface area contributed by atoms with Crippen molar-refractivity contribution in [1.29, 1.82) is 0 Å². The van der Waals surface area contributed by atoms with Gasteiger partial charge in [0.2, 0.25) is 21.6 Å². The minimum Gasteiger partial charge on any atom is -0.490 e. The van der Waals surface area contributed by atoms with E-state index in [1.165, 1.54) is 13.0 Å². The van der Waals surface area contributed by atoms with Gasteiger partial charge >= 0.3 is 0 Å². The highest BCUT2D eigenvalue weighted by Gasteiger charge is 2.55. The molecule has 46 heavy (non-hydrogen) atoms. The van der Waals surface area contributed by atoms with Gasteiger partial charge in [0.1, 0.15) is 17.7 Å². The van der Waals surface area contributed by atoms with Crippen molar-refractivity contribution in [3.8, 4) is 16.9 Å². The first kappa shape index (κ1) is 32.9. The number of hydrogen-bond acceptors (Lipinski definition) is 6. The highest BCUT2D eigenvalue weighted by molar-refractivity contribution is 7.90. The van der Waals surface area contributed by atoms with Crippen LogP contribution in [0.1, 0.15) is 102 Å². The number of nitrogens with one attached hydrogen (secondary N) is 3. The molecule has 1 unspecified atom stereocenters. The van der Waals surface area contributed by atoms with Gasteiger partial charge in [0.25, 0.3) is 5.91 Å². The Bertz CT molecular complexity index is 1620. The predicted molar refractivity (Wildman–Crippen MR) is 172 cm³/mol. The Morgan fingerprint density at radius 3 is 2.46 bits per heavy atom. The van der Waals surface area contributed by atoms with Crippen LogP contribution < -0.4 is 20.1 Å². The van der Waals surface area contributed by atoms with Gasteiger partial charge in [-0.25, -0.2) is 17.2 Å². The molecular weight excluding hydrogens is 612 g/mol. The van der Waals surface area contributed by atoms with Crippen LogP contribution in [0.25, 0.3) is 11.1 Å². The molecule has 1 heterocycles. The molecule has 1 spiro atoms. The SMILES string of the molecule is CCS(=O)(=O)NC(=O)C(C)(C)c1ccc(O[C@@H]2CC[C@@H](NC(=O)C3(F)CNC4(CCC4)C3)C2)c(-c2cccc(F)c2C2CCC2)c1. The number of ether oxygens (including phenoxy) is 1. The average molecular weight is 658 g/mol. The maximum Gasteiger partial charge on any atom is 0.259 e. The van der Waals surface area contributed by atoms with Crippen molar-refractivity contribution in [2.45, 2.75) is 120 Å².